The first-order chi connectivity index (χ1) is 33.0. The number of alkyl carbamates (subject to hydrolysis) is 1. The van der Waals surface area contributed by atoms with E-state index in [4.69, 9.17) is 9.47 Å². The third kappa shape index (κ3) is 13.8. The third-order valence-corrected chi connectivity index (χ3v) is 12.6. The van der Waals surface area contributed by atoms with Crippen molar-refractivity contribution in [3.8, 4) is 11.1 Å². The molecule has 1 saturated carbocycles. The van der Waals surface area contributed by atoms with Gasteiger partial charge in [-0.2, -0.15) is 30.7 Å². The fraction of sp³-hybridized carbons (Fsp3) is 0.529. The zero-order chi connectivity index (χ0) is 52.3. The molecule has 4 aromatic rings. The van der Waals surface area contributed by atoms with Crippen LogP contribution in [0.15, 0.2) is 60.7 Å². The Labute approximate surface area is 407 Å². The number of carbonyl (C=O) groups is 5. The number of anilines is 1. The monoisotopic (exact) mass is 1000 g/mol. The fourth-order valence-corrected chi connectivity index (χ4v) is 8.74. The molecule has 2 fully saturated rings. The van der Waals surface area contributed by atoms with Gasteiger partial charge in [-0.3, -0.25) is 14.4 Å². The highest BCUT2D eigenvalue weighted by atomic mass is 19.4. The Morgan fingerprint density at radius 3 is 2.01 bits per heavy atom. The van der Waals surface area contributed by atoms with Crippen molar-refractivity contribution in [3.63, 3.8) is 0 Å². The summed E-state index contributed by atoms with van der Waals surface area (Å²) in [5.74, 6) is -16.4. The number of piperidine rings is 1. The minimum atomic E-state index is -6.57. The second-order valence-electron chi connectivity index (χ2n) is 20.6. The second-order valence-corrected chi connectivity index (χ2v) is 20.6. The van der Waals surface area contributed by atoms with Crippen LogP contribution < -0.4 is 16.0 Å². The molecule has 71 heavy (non-hydrogen) atoms. The highest BCUT2D eigenvalue weighted by Gasteiger charge is 2.75. The van der Waals surface area contributed by atoms with E-state index < -0.39 is 53.0 Å². The molecule has 0 spiro atoms. The summed E-state index contributed by atoms with van der Waals surface area (Å²) in [6.45, 7) is 13.9. The number of nitrogens with zero attached hydrogens (tertiary/aromatic N) is 2. The first kappa shape index (κ1) is 54.1. The lowest BCUT2D eigenvalue weighted by atomic mass is 9.77. The van der Waals surface area contributed by atoms with Gasteiger partial charge in [0.05, 0.1) is 11.0 Å². The van der Waals surface area contributed by atoms with E-state index in [0.717, 1.165) is 28.8 Å². The predicted octanol–water partition coefficient (Wildman–Crippen LogP) is 11.0. The van der Waals surface area contributed by atoms with Crippen molar-refractivity contribution in [2.75, 3.05) is 25.0 Å². The van der Waals surface area contributed by atoms with E-state index in [-0.39, 0.29) is 65.2 Å². The number of H-pyrrole nitrogens is 1. The number of hydrogen-bond donors (Lipinski definition) is 4. The fourth-order valence-electron chi connectivity index (χ4n) is 8.74. The summed E-state index contributed by atoms with van der Waals surface area (Å²) < 4.78 is 106. The van der Waals surface area contributed by atoms with Gasteiger partial charge in [0.1, 0.15) is 17.0 Å². The van der Waals surface area contributed by atoms with Gasteiger partial charge in [0, 0.05) is 55.2 Å². The number of halogens is 7. The maximum absolute atomic E-state index is 14.5. The molecule has 0 radical (unpaired) electrons. The lowest BCUT2D eigenvalue weighted by molar-refractivity contribution is -0.361. The number of fused-ring (bicyclic) bond motifs is 1. The maximum Gasteiger partial charge on any atom is 0.460 e. The number of aromatic nitrogens is 2. The van der Waals surface area contributed by atoms with Crippen molar-refractivity contribution in [1.82, 2.24) is 25.5 Å². The first-order valence-electron chi connectivity index (χ1n) is 23.6. The van der Waals surface area contributed by atoms with Crippen molar-refractivity contribution in [2.45, 2.75) is 135 Å². The molecule has 386 valence electrons. The highest BCUT2D eigenvalue weighted by Crippen LogP contribution is 2.51. The summed E-state index contributed by atoms with van der Waals surface area (Å²) in [6, 6.07) is 15.9. The van der Waals surface area contributed by atoms with Gasteiger partial charge in [-0.05, 0) is 152 Å². The van der Waals surface area contributed by atoms with Crippen LogP contribution in [0.25, 0.3) is 22.2 Å². The number of alkyl halides is 7. The average Bonchev–Trinajstić information content (AvgIpc) is 3.72. The van der Waals surface area contributed by atoms with Gasteiger partial charge in [-0.1, -0.05) is 30.3 Å². The quantitative estimate of drug-likeness (QED) is 0.0904. The molecule has 2 aliphatic rings. The molecule has 1 atom stereocenters. The smallest absolute Gasteiger partial charge is 0.444 e. The van der Waals surface area contributed by atoms with Crippen LogP contribution in [0.2, 0.25) is 0 Å². The summed E-state index contributed by atoms with van der Waals surface area (Å²) in [5, 5.41) is 8.50. The van der Waals surface area contributed by atoms with Crippen molar-refractivity contribution < 1.29 is 64.2 Å². The number of aryl methyl sites for hydroxylation is 1. The van der Waals surface area contributed by atoms with Crippen LogP contribution in [0.5, 0.6) is 0 Å². The molecule has 13 nitrogen and oxygen atoms in total. The largest absolute Gasteiger partial charge is 0.460 e. The van der Waals surface area contributed by atoms with Crippen molar-refractivity contribution in [3.05, 3.63) is 83.2 Å². The predicted molar refractivity (Wildman–Crippen MR) is 251 cm³/mol. The highest BCUT2D eigenvalue weighted by molar-refractivity contribution is 5.98. The summed E-state index contributed by atoms with van der Waals surface area (Å²) in [4.78, 5) is 72.7. The summed E-state index contributed by atoms with van der Waals surface area (Å²) >= 11 is 0. The van der Waals surface area contributed by atoms with E-state index >= 15 is 0 Å². The van der Waals surface area contributed by atoms with E-state index in [2.05, 4.69) is 20.9 Å². The average molecular weight is 1000 g/mol. The minimum Gasteiger partial charge on any atom is -0.444 e. The number of likely N-dealkylation sites (tertiary alicyclic amines) is 1. The van der Waals surface area contributed by atoms with Crippen LogP contribution in [0.1, 0.15) is 114 Å². The molecule has 2 heterocycles. The molecule has 6 rings (SSSR count). The zero-order valence-electron chi connectivity index (χ0n) is 40.8. The number of carbonyl (C=O) groups excluding carboxylic acids is 5. The lowest BCUT2D eigenvalue weighted by Crippen LogP contribution is -2.50. The Morgan fingerprint density at radius 2 is 1.42 bits per heavy atom. The molecule has 1 aliphatic heterocycles. The molecule has 3 aromatic carbocycles. The van der Waals surface area contributed by atoms with E-state index in [1.807, 2.05) is 42.2 Å². The number of amides is 4. The van der Waals surface area contributed by atoms with Gasteiger partial charge < -0.3 is 35.3 Å². The molecular formula is C51H61F7N6O7. The van der Waals surface area contributed by atoms with Crippen LogP contribution in [-0.2, 0) is 31.4 Å². The molecule has 1 saturated heterocycles. The number of ether oxygens (including phenoxy) is 2. The maximum atomic E-state index is 14.5. The molecule has 20 heteroatoms. The summed E-state index contributed by atoms with van der Waals surface area (Å²) in [7, 11) is 0. The van der Waals surface area contributed by atoms with Gasteiger partial charge in [-0.15, -0.1) is 0 Å². The van der Waals surface area contributed by atoms with Crippen LogP contribution in [0, 0.1) is 24.7 Å². The van der Waals surface area contributed by atoms with Gasteiger partial charge in [0.15, 0.2) is 5.82 Å². The Hall–Kier alpha value is -6.21. The SMILES string of the molecule is Cc1cc(C(=O)NC2CCN(C(=O)OC(C)(C)C)CC2)ccc1-c1ccc(C[C@H](CC(=O)C2CCC(CNC(=O)OC(C)(C)C)CC2)C(=O)Nc2ccc3nc(C(F)(F)C(F)(F)C(F)(F)F)[nH]c3c2)cc1. The lowest BCUT2D eigenvalue weighted by Gasteiger charge is -2.33. The van der Waals surface area contributed by atoms with Gasteiger partial charge >= 0.3 is 30.2 Å². The Bertz CT molecular complexity index is 2570. The molecule has 1 aliphatic carbocycles. The van der Waals surface area contributed by atoms with Crippen molar-refractivity contribution in [2.24, 2.45) is 17.8 Å². The Balaban J connectivity index is 1.13. The Kier molecular flexibility index (Phi) is 16.2. The van der Waals surface area contributed by atoms with Gasteiger partial charge in [0.25, 0.3) is 5.91 Å². The van der Waals surface area contributed by atoms with E-state index in [1.165, 1.54) is 6.07 Å². The summed E-state index contributed by atoms with van der Waals surface area (Å²) in [5.41, 5.74) is 1.63. The number of benzene rings is 3. The second kappa shape index (κ2) is 21.2. The Morgan fingerprint density at radius 1 is 0.789 bits per heavy atom. The minimum absolute atomic E-state index is 0.0226. The summed E-state index contributed by atoms with van der Waals surface area (Å²) in [6.07, 6.45) is -4.10. The molecule has 4 amide bonds. The van der Waals surface area contributed by atoms with Gasteiger partial charge in [0.2, 0.25) is 5.91 Å². The van der Waals surface area contributed by atoms with E-state index in [9.17, 15) is 54.7 Å². The molecule has 0 unspecified atom stereocenters. The topological polar surface area (TPSA) is 172 Å². The van der Waals surface area contributed by atoms with Crippen LogP contribution in [-0.4, -0.2) is 93.6 Å². The third-order valence-electron chi connectivity index (χ3n) is 12.6. The number of aromatic amines is 1. The van der Waals surface area contributed by atoms with E-state index in [1.54, 1.807) is 58.6 Å². The van der Waals surface area contributed by atoms with Gasteiger partial charge in [-0.25, -0.2) is 14.6 Å². The molecule has 0 bridgehead atoms. The number of ketones is 1. The first-order valence-corrected chi connectivity index (χ1v) is 23.6. The molecule has 1 aromatic heterocycles. The molecule has 4 N–H and O–H groups in total. The number of imidazole rings is 1. The number of rotatable bonds is 14. The van der Waals surface area contributed by atoms with Crippen molar-refractivity contribution in [1.29, 1.82) is 0 Å². The zero-order valence-corrected chi connectivity index (χ0v) is 40.8. The van der Waals surface area contributed by atoms with Crippen LogP contribution >= 0.6 is 0 Å². The van der Waals surface area contributed by atoms with Crippen LogP contribution in [0.4, 0.5) is 46.0 Å². The normalized spacial score (nSPS) is 17.9. The van der Waals surface area contributed by atoms with Crippen LogP contribution in [0.3, 0.4) is 0 Å². The number of nitrogens with one attached hydrogen (secondary N) is 4. The van der Waals surface area contributed by atoms with E-state index in [0.29, 0.717) is 69.3 Å². The molecular weight excluding hydrogens is 942 g/mol. The standard InChI is InChI=1S/C51H61F7N6O7/c1-29-24-34(42(66)60-36-20-22-64(23-21-36)46(69)71-48(5,6)7)16-18-38(29)32-12-8-30(9-13-32)25-35(26-41(65)33-14-10-31(11-15-33)28-59-45(68)70-47(2,3)4)43(67)61-37-17-19-39-40(27-37)63-44(62-39)49(52,53)50(54,55)51(56,57)58/h8-9,12-13,16-19,24,27,31,33,35-36H,10-11,14-15,20-23,25-26,28H2,1-7H3,(H,59,68)(H,60,66)(H,61,67)(H,62,63)/t31?,33?,35-/m1/s1. The number of hydrogen-bond acceptors (Lipinski definition) is 8. The van der Waals surface area contributed by atoms with Crippen molar-refractivity contribution >= 4 is 46.5 Å². The number of Topliss-reactive ketones (excluding diaryl/α,β-unsaturated/α-hetero) is 1.